The number of para-hydroxylation sites is 1. The van der Waals surface area contributed by atoms with Gasteiger partial charge in [0.25, 0.3) is 0 Å². The van der Waals surface area contributed by atoms with Gasteiger partial charge in [-0.05, 0) is 18.9 Å². The van der Waals surface area contributed by atoms with Crippen molar-refractivity contribution in [1.29, 1.82) is 0 Å². The number of phenolic OH excluding ortho intramolecular Hbond substituents is 1. The number of methoxy groups -OCH3 is 1. The van der Waals surface area contributed by atoms with Crippen molar-refractivity contribution in [2.75, 3.05) is 7.11 Å². The first-order valence-corrected chi connectivity index (χ1v) is 4.73. The Balaban J connectivity index is 2.48. The first-order chi connectivity index (χ1) is 6.73. The van der Waals surface area contributed by atoms with Gasteiger partial charge in [-0.3, -0.25) is 0 Å². The number of hydrogen-bond acceptors (Lipinski definition) is 2. The van der Waals surface area contributed by atoms with E-state index in [1.807, 2.05) is 18.2 Å². The Bertz CT molecular complexity index is 365. The standard InChI is InChI=1S/C12H14O2/c1-3-12(7-8-12)9-5-4-6-10(14-2)11(9)13/h3-6,13H,1,7-8H2,2H3. The Hall–Kier alpha value is -1.44. The number of aromatic hydroxyl groups is 1. The van der Waals surface area contributed by atoms with Crippen molar-refractivity contribution in [2.24, 2.45) is 0 Å². The zero-order chi connectivity index (χ0) is 10.2. The van der Waals surface area contributed by atoms with E-state index in [9.17, 15) is 5.11 Å². The molecule has 1 N–H and O–H groups in total. The fraction of sp³-hybridized carbons (Fsp3) is 0.333. The number of allylic oxidation sites excluding steroid dienone is 1. The molecule has 2 heteroatoms. The van der Waals surface area contributed by atoms with Gasteiger partial charge in [-0.2, -0.15) is 0 Å². The third kappa shape index (κ3) is 1.18. The molecule has 0 radical (unpaired) electrons. The van der Waals surface area contributed by atoms with Gasteiger partial charge in [0, 0.05) is 11.0 Å². The molecular formula is C12H14O2. The minimum atomic E-state index is -0.00137. The number of hydrogen-bond donors (Lipinski definition) is 1. The molecule has 2 rings (SSSR count). The average molecular weight is 190 g/mol. The van der Waals surface area contributed by atoms with Crippen LogP contribution in [0.15, 0.2) is 30.9 Å². The summed E-state index contributed by atoms with van der Waals surface area (Å²) in [6, 6.07) is 5.60. The molecule has 1 aromatic carbocycles. The van der Waals surface area contributed by atoms with Crippen LogP contribution in [0.25, 0.3) is 0 Å². The van der Waals surface area contributed by atoms with Gasteiger partial charge in [-0.15, -0.1) is 6.58 Å². The van der Waals surface area contributed by atoms with Crippen LogP contribution in [-0.4, -0.2) is 12.2 Å². The van der Waals surface area contributed by atoms with Gasteiger partial charge in [-0.25, -0.2) is 0 Å². The summed E-state index contributed by atoms with van der Waals surface area (Å²) in [5.74, 6) is 0.794. The van der Waals surface area contributed by atoms with Crippen molar-refractivity contribution in [3.63, 3.8) is 0 Å². The van der Waals surface area contributed by atoms with E-state index in [-0.39, 0.29) is 11.2 Å². The molecule has 0 bridgehead atoms. The lowest BCUT2D eigenvalue weighted by molar-refractivity contribution is 0.369. The summed E-state index contributed by atoms with van der Waals surface area (Å²) in [4.78, 5) is 0. The maximum Gasteiger partial charge on any atom is 0.161 e. The molecule has 1 saturated carbocycles. The van der Waals surface area contributed by atoms with E-state index in [1.165, 1.54) is 0 Å². The van der Waals surface area contributed by atoms with Gasteiger partial charge >= 0.3 is 0 Å². The SMILES string of the molecule is C=CC1(c2cccc(OC)c2O)CC1. The highest BCUT2D eigenvalue weighted by Gasteiger charge is 2.43. The van der Waals surface area contributed by atoms with E-state index < -0.39 is 0 Å². The highest BCUT2D eigenvalue weighted by Crippen LogP contribution is 2.53. The van der Waals surface area contributed by atoms with Gasteiger partial charge in [-0.1, -0.05) is 18.2 Å². The lowest BCUT2D eigenvalue weighted by Crippen LogP contribution is -2.02. The summed E-state index contributed by atoms with van der Waals surface area (Å²) in [5.41, 5.74) is 0.936. The number of rotatable bonds is 3. The van der Waals surface area contributed by atoms with Crippen LogP contribution in [0.5, 0.6) is 11.5 Å². The molecular weight excluding hydrogens is 176 g/mol. The zero-order valence-corrected chi connectivity index (χ0v) is 8.29. The number of phenols is 1. The fourth-order valence-corrected chi connectivity index (χ4v) is 1.81. The van der Waals surface area contributed by atoms with Crippen molar-refractivity contribution in [2.45, 2.75) is 18.3 Å². The molecule has 14 heavy (non-hydrogen) atoms. The summed E-state index contributed by atoms with van der Waals surface area (Å²) < 4.78 is 5.07. The van der Waals surface area contributed by atoms with E-state index >= 15 is 0 Å². The van der Waals surface area contributed by atoms with Gasteiger partial charge in [0.15, 0.2) is 11.5 Å². The molecule has 0 amide bonds. The quantitative estimate of drug-likeness (QED) is 0.742. The Morgan fingerprint density at radius 1 is 1.50 bits per heavy atom. The van der Waals surface area contributed by atoms with Crippen molar-refractivity contribution < 1.29 is 9.84 Å². The summed E-state index contributed by atoms with van der Waals surface area (Å²) in [5, 5.41) is 9.92. The third-order valence-electron chi connectivity index (χ3n) is 2.93. The van der Waals surface area contributed by atoms with Gasteiger partial charge in [0.1, 0.15) is 0 Å². The van der Waals surface area contributed by atoms with E-state index in [4.69, 9.17) is 4.74 Å². The molecule has 1 fully saturated rings. The lowest BCUT2D eigenvalue weighted by atomic mass is 9.95. The smallest absolute Gasteiger partial charge is 0.161 e. The molecule has 1 aromatic rings. The minimum Gasteiger partial charge on any atom is -0.504 e. The first kappa shape index (κ1) is 9.13. The Morgan fingerprint density at radius 3 is 2.71 bits per heavy atom. The second kappa shape index (κ2) is 3.05. The molecule has 74 valence electrons. The second-order valence-corrected chi connectivity index (χ2v) is 3.72. The van der Waals surface area contributed by atoms with Crippen LogP contribution in [0.2, 0.25) is 0 Å². The lowest BCUT2D eigenvalue weighted by Gasteiger charge is -2.14. The monoisotopic (exact) mass is 190 g/mol. The molecule has 0 aromatic heterocycles. The highest BCUT2D eigenvalue weighted by molar-refractivity contribution is 5.53. The third-order valence-corrected chi connectivity index (χ3v) is 2.93. The molecule has 0 saturated heterocycles. The van der Waals surface area contributed by atoms with E-state index in [2.05, 4.69) is 6.58 Å². The van der Waals surface area contributed by atoms with Crippen molar-refractivity contribution >= 4 is 0 Å². The van der Waals surface area contributed by atoms with Gasteiger partial charge in [0.05, 0.1) is 7.11 Å². The molecule has 0 spiro atoms. The van der Waals surface area contributed by atoms with E-state index in [1.54, 1.807) is 13.2 Å². The summed E-state index contributed by atoms with van der Waals surface area (Å²) >= 11 is 0. The van der Waals surface area contributed by atoms with Crippen LogP contribution in [0.3, 0.4) is 0 Å². The average Bonchev–Trinajstić information content (AvgIpc) is 2.99. The molecule has 2 nitrogen and oxygen atoms in total. The van der Waals surface area contributed by atoms with Gasteiger partial charge < -0.3 is 9.84 Å². The van der Waals surface area contributed by atoms with Crippen LogP contribution in [0.4, 0.5) is 0 Å². The first-order valence-electron chi connectivity index (χ1n) is 4.73. The van der Waals surface area contributed by atoms with Crippen LogP contribution in [0.1, 0.15) is 18.4 Å². The molecule has 1 aliphatic rings. The van der Waals surface area contributed by atoms with Crippen molar-refractivity contribution in [1.82, 2.24) is 0 Å². The van der Waals surface area contributed by atoms with Crippen LogP contribution < -0.4 is 4.74 Å². The molecule has 1 aliphatic carbocycles. The maximum atomic E-state index is 9.92. The Morgan fingerprint density at radius 2 is 2.21 bits per heavy atom. The predicted molar refractivity (Wildman–Crippen MR) is 55.8 cm³/mol. The minimum absolute atomic E-state index is 0.00137. The van der Waals surface area contributed by atoms with Crippen molar-refractivity contribution in [3.8, 4) is 11.5 Å². The van der Waals surface area contributed by atoms with Crippen LogP contribution >= 0.6 is 0 Å². The predicted octanol–water partition coefficient (Wildman–Crippen LogP) is 2.62. The Kier molecular flexibility index (Phi) is 1.99. The molecule has 0 atom stereocenters. The fourth-order valence-electron chi connectivity index (χ4n) is 1.81. The zero-order valence-electron chi connectivity index (χ0n) is 8.29. The van der Waals surface area contributed by atoms with Crippen molar-refractivity contribution in [3.05, 3.63) is 36.4 Å². The largest absolute Gasteiger partial charge is 0.504 e. The number of benzene rings is 1. The summed E-state index contributed by atoms with van der Waals surface area (Å²) in [7, 11) is 1.56. The van der Waals surface area contributed by atoms with Crippen LogP contribution in [-0.2, 0) is 5.41 Å². The molecule has 0 heterocycles. The van der Waals surface area contributed by atoms with E-state index in [0.717, 1.165) is 18.4 Å². The highest BCUT2D eigenvalue weighted by atomic mass is 16.5. The molecule has 0 unspecified atom stereocenters. The Labute approximate surface area is 83.8 Å². The second-order valence-electron chi connectivity index (χ2n) is 3.72. The molecule has 0 aliphatic heterocycles. The van der Waals surface area contributed by atoms with Crippen LogP contribution in [0, 0.1) is 0 Å². The van der Waals surface area contributed by atoms with Gasteiger partial charge in [0.2, 0.25) is 0 Å². The summed E-state index contributed by atoms with van der Waals surface area (Å²) in [6.07, 6.45) is 4.05. The van der Waals surface area contributed by atoms with E-state index in [0.29, 0.717) is 5.75 Å². The topological polar surface area (TPSA) is 29.5 Å². The normalized spacial score (nSPS) is 17.5. The number of ether oxygens (including phenoxy) is 1. The summed E-state index contributed by atoms with van der Waals surface area (Å²) in [6.45, 7) is 3.82. The maximum absolute atomic E-state index is 9.92.